The lowest BCUT2D eigenvalue weighted by molar-refractivity contribution is 0.143. The standard InChI is InChI=1S/C10H7N5O3/c16-10(17)18-9-5-15-4-6(1-2-8(15)12-9)7-3-11-14-13-7/h1-5H,(H,16,17)(H,11,13,14). The lowest BCUT2D eigenvalue weighted by atomic mass is 10.2. The van der Waals surface area contributed by atoms with Gasteiger partial charge in [-0.1, -0.05) is 0 Å². The van der Waals surface area contributed by atoms with E-state index in [1.165, 1.54) is 6.20 Å². The van der Waals surface area contributed by atoms with Gasteiger partial charge in [0.2, 0.25) is 5.88 Å². The van der Waals surface area contributed by atoms with Gasteiger partial charge in [0.25, 0.3) is 0 Å². The molecule has 18 heavy (non-hydrogen) atoms. The normalized spacial score (nSPS) is 10.7. The molecule has 0 amide bonds. The van der Waals surface area contributed by atoms with Gasteiger partial charge < -0.3 is 14.2 Å². The number of ether oxygens (including phenoxy) is 1. The molecule has 0 aromatic carbocycles. The Morgan fingerprint density at radius 2 is 2.28 bits per heavy atom. The van der Waals surface area contributed by atoms with Crippen molar-refractivity contribution in [3.8, 4) is 17.1 Å². The lowest BCUT2D eigenvalue weighted by Crippen LogP contribution is -2.02. The van der Waals surface area contributed by atoms with Gasteiger partial charge in [0.15, 0.2) is 0 Å². The summed E-state index contributed by atoms with van der Waals surface area (Å²) in [7, 11) is 0. The molecule has 0 aliphatic heterocycles. The van der Waals surface area contributed by atoms with Crippen LogP contribution < -0.4 is 4.74 Å². The van der Waals surface area contributed by atoms with Gasteiger partial charge >= 0.3 is 6.16 Å². The number of nitrogens with one attached hydrogen (secondary N) is 1. The number of carboxylic acid groups (broad SMARTS) is 1. The zero-order valence-electron chi connectivity index (χ0n) is 8.94. The summed E-state index contributed by atoms with van der Waals surface area (Å²) in [6, 6.07) is 3.55. The summed E-state index contributed by atoms with van der Waals surface area (Å²) in [5.41, 5.74) is 2.10. The van der Waals surface area contributed by atoms with Crippen LogP contribution in [0.2, 0.25) is 0 Å². The molecule has 3 heterocycles. The van der Waals surface area contributed by atoms with Gasteiger partial charge in [0.1, 0.15) is 11.3 Å². The zero-order chi connectivity index (χ0) is 12.5. The number of hydrogen-bond donors (Lipinski definition) is 2. The summed E-state index contributed by atoms with van der Waals surface area (Å²) in [6.07, 6.45) is 3.43. The summed E-state index contributed by atoms with van der Waals surface area (Å²) in [4.78, 5) is 14.4. The number of aromatic amines is 1. The highest BCUT2D eigenvalue weighted by atomic mass is 16.7. The van der Waals surface area contributed by atoms with Gasteiger partial charge in [-0.05, 0) is 12.1 Å². The first kappa shape index (κ1) is 10.3. The maximum Gasteiger partial charge on any atom is 0.512 e. The van der Waals surface area contributed by atoms with E-state index in [4.69, 9.17) is 5.11 Å². The average Bonchev–Trinajstić information content (AvgIpc) is 2.94. The van der Waals surface area contributed by atoms with E-state index in [0.29, 0.717) is 11.3 Å². The van der Waals surface area contributed by atoms with E-state index in [1.54, 1.807) is 22.9 Å². The minimum atomic E-state index is -1.39. The number of pyridine rings is 1. The van der Waals surface area contributed by atoms with Crippen LogP contribution in [-0.4, -0.2) is 36.1 Å². The number of H-pyrrole nitrogens is 1. The highest BCUT2D eigenvalue weighted by Gasteiger charge is 2.08. The highest BCUT2D eigenvalue weighted by molar-refractivity contribution is 5.62. The van der Waals surface area contributed by atoms with Crippen LogP contribution in [-0.2, 0) is 0 Å². The molecule has 0 atom stereocenters. The fourth-order valence-corrected chi connectivity index (χ4v) is 1.60. The van der Waals surface area contributed by atoms with E-state index in [9.17, 15) is 4.79 Å². The van der Waals surface area contributed by atoms with Crippen LogP contribution in [0.5, 0.6) is 5.88 Å². The molecular weight excluding hydrogens is 238 g/mol. The molecule has 0 radical (unpaired) electrons. The van der Waals surface area contributed by atoms with Crippen molar-refractivity contribution in [2.75, 3.05) is 0 Å². The van der Waals surface area contributed by atoms with Crippen LogP contribution in [0.4, 0.5) is 4.79 Å². The van der Waals surface area contributed by atoms with E-state index < -0.39 is 6.16 Å². The largest absolute Gasteiger partial charge is 0.512 e. The molecule has 2 N–H and O–H groups in total. The number of carbonyl (C=O) groups is 1. The summed E-state index contributed by atoms with van der Waals surface area (Å²) >= 11 is 0. The van der Waals surface area contributed by atoms with Gasteiger partial charge in [-0.3, -0.25) is 0 Å². The molecule has 0 spiro atoms. The minimum Gasteiger partial charge on any atom is -0.449 e. The third kappa shape index (κ3) is 1.75. The Morgan fingerprint density at radius 3 is 3.00 bits per heavy atom. The number of imidazole rings is 1. The Balaban J connectivity index is 2.04. The third-order valence-electron chi connectivity index (χ3n) is 2.33. The predicted octanol–water partition coefficient (Wildman–Crippen LogP) is 1.18. The molecule has 0 unspecified atom stereocenters. The van der Waals surface area contributed by atoms with Gasteiger partial charge in [-0.15, -0.1) is 0 Å². The molecule has 3 aromatic heterocycles. The quantitative estimate of drug-likeness (QED) is 0.656. The number of rotatable bonds is 2. The van der Waals surface area contributed by atoms with E-state index in [2.05, 4.69) is 25.1 Å². The molecule has 0 aliphatic carbocycles. The van der Waals surface area contributed by atoms with Gasteiger partial charge in [-0.25, -0.2) is 4.79 Å². The SMILES string of the molecule is O=C(O)Oc1cn2cc(-c3cn[nH]n3)ccc2n1. The molecule has 8 nitrogen and oxygen atoms in total. The highest BCUT2D eigenvalue weighted by Crippen LogP contribution is 2.18. The van der Waals surface area contributed by atoms with E-state index in [1.807, 2.05) is 6.07 Å². The van der Waals surface area contributed by atoms with Crippen LogP contribution >= 0.6 is 0 Å². The second-order valence-electron chi connectivity index (χ2n) is 3.49. The van der Waals surface area contributed by atoms with E-state index >= 15 is 0 Å². The molecule has 8 heteroatoms. The van der Waals surface area contributed by atoms with Crippen LogP contribution in [0.1, 0.15) is 0 Å². The van der Waals surface area contributed by atoms with Gasteiger partial charge in [0, 0.05) is 11.8 Å². The Labute approximate surface area is 99.8 Å². The van der Waals surface area contributed by atoms with Crippen molar-refractivity contribution in [1.82, 2.24) is 24.8 Å². The van der Waals surface area contributed by atoms with Crippen molar-refractivity contribution in [3.63, 3.8) is 0 Å². The fourth-order valence-electron chi connectivity index (χ4n) is 1.60. The maximum absolute atomic E-state index is 10.4. The van der Waals surface area contributed by atoms with Crippen molar-refractivity contribution in [2.24, 2.45) is 0 Å². The molecule has 0 bridgehead atoms. The molecular formula is C10H7N5O3. The fraction of sp³-hybridized carbons (Fsp3) is 0. The van der Waals surface area contributed by atoms with Crippen LogP contribution in [0.15, 0.2) is 30.7 Å². The number of fused-ring (bicyclic) bond motifs is 1. The molecule has 0 saturated carbocycles. The number of nitrogens with zero attached hydrogens (tertiary/aromatic N) is 4. The first-order valence-electron chi connectivity index (χ1n) is 4.98. The van der Waals surface area contributed by atoms with E-state index in [0.717, 1.165) is 5.56 Å². The molecule has 0 aliphatic rings. The summed E-state index contributed by atoms with van der Waals surface area (Å²) in [6.45, 7) is 0. The molecule has 0 saturated heterocycles. The van der Waals surface area contributed by atoms with Crippen LogP contribution in [0, 0.1) is 0 Å². The van der Waals surface area contributed by atoms with E-state index in [-0.39, 0.29) is 5.88 Å². The summed E-state index contributed by atoms with van der Waals surface area (Å²) < 4.78 is 6.14. The minimum absolute atomic E-state index is 0.0276. The number of hydrogen-bond acceptors (Lipinski definition) is 5. The monoisotopic (exact) mass is 245 g/mol. The Morgan fingerprint density at radius 1 is 1.39 bits per heavy atom. The third-order valence-corrected chi connectivity index (χ3v) is 2.33. The Bertz CT molecular complexity index is 703. The number of aromatic nitrogens is 5. The van der Waals surface area contributed by atoms with Crippen molar-refractivity contribution < 1.29 is 14.6 Å². The zero-order valence-corrected chi connectivity index (χ0v) is 8.94. The van der Waals surface area contributed by atoms with Crippen molar-refractivity contribution in [1.29, 1.82) is 0 Å². The smallest absolute Gasteiger partial charge is 0.449 e. The van der Waals surface area contributed by atoms with Crippen LogP contribution in [0.25, 0.3) is 16.9 Å². The predicted molar refractivity (Wildman–Crippen MR) is 59.2 cm³/mol. The second kappa shape index (κ2) is 3.84. The molecule has 0 fully saturated rings. The first-order valence-corrected chi connectivity index (χ1v) is 4.98. The molecule has 90 valence electrons. The summed E-state index contributed by atoms with van der Waals surface area (Å²) in [5.74, 6) is 0.0276. The first-order chi connectivity index (χ1) is 8.72. The lowest BCUT2D eigenvalue weighted by Gasteiger charge is -1.96. The van der Waals surface area contributed by atoms with Crippen molar-refractivity contribution >= 4 is 11.8 Å². The Hall–Kier alpha value is -2.90. The average molecular weight is 245 g/mol. The van der Waals surface area contributed by atoms with Crippen molar-refractivity contribution in [3.05, 3.63) is 30.7 Å². The maximum atomic E-state index is 10.4. The summed E-state index contributed by atoms with van der Waals surface area (Å²) in [5, 5.41) is 18.7. The topological polar surface area (TPSA) is 105 Å². The van der Waals surface area contributed by atoms with Gasteiger partial charge in [-0.2, -0.15) is 20.4 Å². The van der Waals surface area contributed by atoms with Crippen molar-refractivity contribution in [2.45, 2.75) is 0 Å². The second-order valence-corrected chi connectivity index (χ2v) is 3.49. The molecule has 3 rings (SSSR count). The Kier molecular flexibility index (Phi) is 2.19. The molecule has 3 aromatic rings. The van der Waals surface area contributed by atoms with Gasteiger partial charge in [0.05, 0.1) is 12.4 Å². The van der Waals surface area contributed by atoms with Crippen LogP contribution in [0.3, 0.4) is 0 Å².